The summed E-state index contributed by atoms with van der Waals surface area (Å²) in [6.07, 6.45) is -0.416. The number of hydrogen-bond acceptors (Lipinski definition) is 4. The fourth-order valence-electron chi connectivity index (χ4n) is 2.44. The van der Waals surface area contributed by atoms with Crippen LogP contribution >= 0.6 is 0 Å². The van der Waals surface area contributed by atoms with Crippen molar-refractivity contribution in [3.63, 3.8) is 0 Å². The molecule has 3 N–H and O–H groups in total. The van der Waals surface area contributed by atoms with Crippen LogP contribution in [-0.2, 0) is 4.79 Å². The fraction of sp³-hybridized carbons (Fsp3) is 0.556. The molecule has 0 aliphatic heterocycles. The standard InChI is InChI=1S/C18H29N3O3/c1-18(2,3)13-21(11-10-16(23)20-17(24)19-4)12-15(22)14-8-6-5-7-9-14/h5-9,15,22H,10-13H2,1-4H3,(H2,19,20,23,24)/t15-/m1/s1. The first-order valence-corrected chi connectivity index (χ1v) is 8.18. The summed E-state index contributed by atoms with van der Waals surface area (Å²) >= 11 is 0. The molecule has 24 heavy (non-hydrogen) atoms. The molecule has 0 heterocycles. The average Bonchev–Trinajstić information content (AvgIpc) is 2.51. The van der Waals surface area contributed by atoms with Crippen LogP contribution in [0.2, 0.25) is 0 Å². The number of rotatable bonds is 7. The van der Waals surface area contributed by atoms with Gasteiger partial charge in [-0.2, -0.15) is 0 Å². The lowest BCUT2D eigenvalue weighted by Gasteiger charge is -2.31. The molecule has 0 aliphatic carbocycles. The van der Waals surface area contributed by atoms with E-state index in [0.29, 0.717) is 13.1 Å². The largest absolute Gasteiger partial charge is 0.387 e. The van der Waals surface area contributed by atoms with Crippen molar-refractivity contribution < 1.29 is 14.7 Å². The van der Waals surface area contributed by atoms with E-state index < -0.39 is 12.1 Å². The van der Waals surface area contributed by atoms with E-state index in [9.17, 15) is 14.7 Å². The van der Waals surface area contributed by atoms with Crippen molar-refractivity contribution in [3.8, 4) is 0 Å². The van der Waals surface area contributed by atoms with Gasteiger partial charge in [0.15, 0.2) is 0 Å². The number of nitrogens with zero attached hydrogens (tertiary/aromatic N) is 1. The number of benzene rings is 1. The quantitative estimate of drug-likeness (QED) is 0.711. The molecule has 1 rings (SSSR count). The summed E-state index contributed by atoms with van der Waals surface area (Å²) in [5.41, 5.74) is 0.888. The first-order valence-electron chi connectivity index (χ1n) is 8.18. The van der Waals surface area contributed by atoms with Crippen molar-refractivity contribution in [2.24, 2.45) is 5.41 Å². The second-order valence-electron chi connectivity index (χ2n) is 7.10. The van der Waals surface area contributed by atoms with Crippen LogP contribution in [0.1, 0.15) is 38.9 Å². The molecule has 0 radical (unpaired) electrons. The van der Waals surface area contributed by atoms with E-state index >= 15 is 0 Å². The number of aliphatic hydroxyl groups is 1. The monoisotopic (exact) mass is 335 g/mol. The van der Waals surface area contributed by atoms with E-state index in [-0.39, 0.29) is 17.7 Å². The highest BCUT2D eigenvalue weighted by Crippen LogP contribution is 2.19. The van der Waals surface area contributed by atoms with Gasteiger partial charge in [-0.15, -0.1) is 0 Å². The van der Waals surface area contributed by atoms with Gasteiger partial charge in [-0.25, -0.2) is 4.79 Å². The van der Waals surface area contributed by atoms with Crippen molar-refractivity contribution >= 4 is 11.9 Å². The molecule has 0 unspecified atom stereocenters. The van der Waals surface area contributed by atoms with Crippen LogP contribution in [0.3, 0.4) is 0 Å². The molecule has 1 atom stereocenters. The number of aliphatic hydroxyl groups excluding tert-OH is 1. The second kappa shape index (κ2) is 9.39. The van der Waals surface area contributed by atoms with Crippen LogP contribution in [0.4, 0.5) is 4.79 Å². The summed E-state index contributed by atoms with van der Waals surface area (Å²) in [6, 6.07) is 8.96. The lowest BCUT2D eigenvalue weighted by molar-refractivity contribution is -0.120. The van der Waals surface area contributed by atoms with Gasteiger partial charge in [0.05, 0.1) is 6.10 Å². The van der Waals surface area contributed by atoms with Crippen molar-refractivity contribution in [1.82, 2.24) is 15.5 Å². The summed E-state index contributed by atoms with van der Waals surface area (Å²) in [5, 5.41) is 15.0. The highest BCUT2D eigenvalue weighted by atomic mass is 16.3. The van der Waals surface area contributed by atoms with E-state index in [0.717, 1.165) is 12.1 Å². The summed E-state index contributed by atoms with van der Waals surface area (Å²) in [4.78, 5) is 25.0. The third-order valence-corrected chi connectivity index (χ3v) is 3.45. The van der Waals surface area contributed by atoms with Crippen LogP contribution < -0.4 is 10.6 Å². The predicted molar refractivity (Wildman–Crippen MR) is 94.5 cm³/mol. The SMILES string of the molecule is CNC(=O)NC(=O)CCN(C[C@@H](O)c1ccccc1)CC(C)(C)C. The smallest absolute Gasteiger partial charge is 0.321 e. The molecule has 6 heteroatoms. The maximum atomic E-state index is 11.8. The Kier molecular flexibility index (Phi) is 7.88. The number of urea groups is 1. The van der Waals surface area contributed by atoms with E-state index in [1.54, 1.807) is 0 Å². The Labute approximate surface area is 144 Å². The number of carbonyl (C=O) groups excluding carboxylic acids is 2. The van der Waals surface area contributed by atoms with E-state index in [4.69, 9.17) is 0 Å². The minimum atomic E-state index is -0.615. The van der Waals surface area contributed by atoms with Crippen molar-refractivity contribution in [3.05, 3.63) is 35.9 Å². The number of imide groups is 1. The highest BCUT2D eigenvalue weighted by molar-refractivity contribution is 5.94. The molecule has 0 aliphatic rings. The lowest BCUT2D eigenvalue weighted by Crippen LogP contribution is -2.41. The Balaban J connectivity index is 2.63. The van der Waals surface area contributed by atoms with Crippen LogP contribution in [0, 0.1) is 5.41 Å². The molecule has 0 aromatic heterocycles. The van der Waals surface area contributed by atoms with Crippen molar-refractivity contribution in [1.29, 1.82) is 0 Å². The van der Waals surface area contributed by atoms with Gasteiger partial charge in [-0.3, -0.25) is 15.0 Å². The Hall–Kier alpha value is -1.92. The maximum absolute atomic E-state index is 11.8. The first-order chi connectivity index (χ1) is 11.2. The Morgan fingerprint density at radius 1 is 1.21 bits per heavy atom. The number of amides is 3. The van der Waals surface area contributed by atoms with E-state index in [2.05, 4.69) is 36.3 Å². The van der Waals surface area contributed by atoms with Gasteiger partial charge in [0.1, 0.15) is 0 Å². The van der Waals surface area contributed by atoms with Crippen LogP contribution in [0.15, 0.2) is 30.3 Å². The van der Waals surface area contributed by atoms with Gasteiger partial charge in [-0.05, 0) is 11.0 Å². The molecule has 0 bridgehead atoms. The number of carbonyl (C=O) groups is 2. The lowest BCUT2D eigenvalue weighted by atomic mass is 9.95. The minimum absolute atomic E-state index is 0.0354. The summed E-state index contributed by atoms with van der Waals surface area (Å²) in [6.45, 7) is 7.99. The Bertz CT molecular complexity index is 526. The van der Waals surface area contributed by atoms with Crippen LogP contribution in [-0.4, -0.2) is 48.6 Å². The topological polar surface area (TPSA) is 81.7 Å². The zero-order valence-corrected chi connectivity index (χ0v) is 15.0. The summed E-state index contributed by atoms with van der Waals surface area (Å²) in [7, 11) is 1.46. The van der Waals surface area contributed by atoms with E-state index in [1.807, 2.05) is 30.3 Å². The van der Waals surface area contributed by atoms with Gasteiger partial charge in [0.2, 0.25) is 5.91 Å². The summed E-state index contributed by atoms with van der Waals surface area (Å²) in [5.74, 6) is -0.331. The molecular formula is C18H29N3O3. The van der Waals surface area contributed by atoms with Gasteiger partial charge in [0.25, 0.3) is 0 Å². The van der Waals surface area contributed by atoms with Crippen molar-refractivity contribution in [2.75, 3.05) is 26.7 Å². The van der Waals surface area contributed by atoms with Crippen LogP contribution in [0.25, 0.3) is 0 Å². The fourth-order valence-corrected chi connectivity index (χ4v) is 2.44. The number of nitrogens with one attached hydrogen (secondary N) is 2. The molecule has 134 valence electrons. The maximum Gasteiger partial charge on any atom is 0.321 e. The third kappa shape index (κ3) is 8.08. The van der Waals surface area contributed by atoms with Gasteiger partial charge in [0, 0.05) is 33.1 Å². The Morgan fingerprint density at radius 2 is 1.83 bits per heavy atom. The zero-order chi connectivity index (χ0) is 18.2. The molecule has 0 spiro atoms. The molecular weight excluding hydrogens is 306 g/mol. The van der Waals surface area contributed by atoms with E-state index in [1.165, 1.54) is 7.05 Å². The average molecular weight is 335 g/mol. The second-order valence-corrected chi connectivity index (χ2v) is 7.10. The van der Waals surface area contributed by atoms with Crippen LogP contribution in [0.5, 0.6) is 0 Å². The summed E-state index contributed by atoms with van der Waals surface area (Å²) < 4.78 is 0. The third-order valence-electron chi connectivity index (χ3n) is 3.45. The number of hydrogen-bond donors (Lipinski definition) is 3. The normalized spacial score (nSPS) is 12.8. The minimum Gasteiger partial charge on any atom is -0.387 e. The molecule has 0 saturated heterocycles. The first kappa shape index (κ1) is 20.1. The molecule has 6 nitrogen and oxygen atoms in total. The zero-order valence-electron chi connectivity index (χ0n) is 15.0. The highest BCUT2D eigenvalue weighted by Gasteiger charge is 2.20. The molecule has 1 aromatic rings. The molecule has 1 aromatic carbocycles. The van der Waals surface area contributed by atoms with Gasteiger partial charge < -0.3 is 10.4 Å². The predicted octanol–water partition coefficient (Wildman–Crippen LogP) is 1.91. The molecule has 0 saturated carbocycles. The Morgan fingerprint density at radius 3 is 2.38 bits per heavy atom. The van der Waals surface area contributed by atoms with Gasteiger partial charge in [-0.1, -0.05) is 51.1 Å². The molecule has 3 amide bonds. The molecule has 0 fully saturated rings. The van der Waals surface area contributed by atoms with Crippen molar-refractivity contribution in [2.45, 2.75) is 33.3 Å². The van der Waals surface area contributed by atoms with Gasteiger partial charge >= 0.3 is 6.03 Å².